The lowest BCUT2D eigenvalue weighted by Crippen LogP contribution is -2.32. The van der Waals surface area contributed by atoms with Crippen LogP contribution in [0.4, 0.5) is 8.78 Å². The van der Waals surface area contributed by atoms with Crippen LogP contribution < -0.4 is 5.46 Å². The van der Waals surface area contributed by atoms with Gasteiger partial charge in [-0.1, -0.05) is 96.8 Å². The lowest BCUT2D eigenvalue weighted by Gasteiger charge is -2.09. The number of phenolic OH excluding ortho intramolecular Hbond substituents is 2. The molecular weight excluding hydrogens is 1050 g/mol. The SMILES string of the molecule is C.Clc1c(Br)ccc2oc3ccccc3c12.OB(O)c1ccccc1F.Oc1ccc(Br)c(Cl)c1-c1ccccc1F.Oc1ccc(Br)c(Cl)c1I. The van der Waals surface area contributed by atoms with Gasteiger partial charge in [-0.05, 0) is 125 Å². The Morgan fingerprint density at radius 2 is 1.12 bits per heavy atom. The van der Waals surface area contributed by atoms with Crippen molar-refractivity contribution < 1.29 is 33.5 Å². The molecule has 7 rings (SSSR count). The third-order valence-corrected chi connectivity index (χ3v) is 12.1. The quantitative estimate of drug-likeness (QED) is 0.0786. The summed E-state index contributed by atoms with van der Waals surface area (Å²) in [5, 5.41) is 39.5. The van der Waals surface area contributed by atoms with E-state index in [0.717, 1.165) is 30.9 Å². The number of hydrogen-bond acceptors (Lipinski definition) is 5. The minimum atomic E-state index is -1.72. The van der Waals surface area contributed by atoms with Crippen LogP contribution >= 0.6 is 105 Å². The fraction of sp³-hybridized carbons (Fsp3) is 0.0270. The van der Waals surface area contributed by atoms with E-state index in [9.17, 15) is 13.9 Å². The van der Waals surface area contributed by atoms with Gasteiger partial charge in [-0.15, -0.1) is 0 Å². The molecule has 1 heterocycles. The Bertz CT molecular complexity index is 2290. The molecule has 4 N–H and O–H groups in total. The maximum atomic E-state index is 13.6. The number of furan rings is 1. The standard InChI is InChI=1S/C12H7BrClFO.C12H6BrClO.C6H6BFO2.C6H3BrClIO.CH4/c13-8-5-6-10(16)11(12(8)14)7-3-1-2-4-9(7)15;13-8-5-6-10-11(12(8)14)7-3-1-2-4-9(7)15-10;8-6-4-2-1-3-5(6)7(9)10;7-3-1-2-4(10)6(9)5(3)8;/h1-6,16H;1-6H;1-4,9-10H;1-2,10H;1H4. The first kappa shape index (κ1) is 44.0. The predicted molar refractivity (Wildman–Crippen MR) is 229 cm³/mol. The topological polar surface area (TPSA) is 94.1 Å². The molecule has 270 valence electrons. The maximum Gasteiger partial charge on any atom is 0.491 e. The monoisotopic (exact) mass is 1070 g/mol. The number of para-hydroxylation sites is 1. The van der Waals surface area contributed by atoms with Crippen molar-refractivity contribution in [1.82, 2.24) is 0 Å². The normalized spacial score (nSPS) is 10.2. The van der Waals surface area contributed by atoms with Gasteiger partial charge in [0.15, 0.2) is 0 Å². The number of fused-ring (bicyclic) bond motifs is 3. The summed E-state index contributed by atoms with van der Waals surface area (Å²) >= 11 is 29.9. The summed E-state index contributed by atoms with van der Waals surface area (Å²) in [6.07, 6.45) is 0. The van der Waals surface area contributed by atoms with Gasteiger partial charge in [0.2, 0.25) is 0 Å². The number of aromatic hydroxyl groups is 2. The van der Waals surface area contributed by atoms with Crippen LogP contribution in [0, 0.1) is 15.2 Å². The molecule has 1 aromatic heterocycles. The Balaban J connectivity index is 0.000000190. The lowest BCUT2D eigenvalue weighted by molar-refractivity contribution is 0.423. The highest BCUT2D eigenvalue weighted by Gasteiger charge is 2.16. The smallest absolute Gasteiger partial charge is 0.491 e. The Morgan fingerprint density at radius 3 is 1.71 bits per heavy atom. The van der Waals surface area contributed by atoms with E-state index in [4.69, 9.17) is 54.4 Å². The molecule has 0 bridgehead atoms. The van der Waals surface area contributed by atoms with Crippen LogP contribution in [0.25, 0.3) is 33.1 Å². The Labute approximate surface area is 352 Å². The van der Waals surface area contributed by atoms with E-state index >= 15 is 0 Å². The number of hydrogen-bond donors (Lipinski definition) is 4. The molecule has 0 fully saturated rings. The van der Waals surface area contributed by atoms with Gasteiger partial charge < -0.3 is 24.7 Å². The summed E-state index contributed by atoms with van der Waals surface area (Å²) < 4.78 is 34.8. The molecule has 0 atom stereocenters. The van der Waals surface area contributed by atoms with E-state index in [0.29, 0.717) is 28.7 Å². The molecular formula is C37H26BBr3Cl3F2IO5. The second kappa shape index (κ2) is 20.3. The number of benzene rings is 6. The van der Waals surface area contributed by atoms with Gasteiger partial charge in [0, 0.05) is 40.8 Å². The Morgan fingerprint density at radius 1 is 0.596 bits per heavy atom. The van der Waals surface area contributed by atoms with Gasteiger partial charge in [0.1, 0.15) is 34.3 Å². The number of rotatable bonds is 2. The maximum absolute atomic E-state index is 13.6. The minimum absolute atomic E-state index is 0. The molecule has 0 aliphatic rings. The van der Waals surface area contributed by atoms with E-state index in [1.165, 1.54) is 36.4 Å². The average Bonchev–Trinajstić information content (AvgIpc) is 3.50. The first-order chi connectivity index (χ1) is 24.2. The molecule has 5 nitrogen and oxygen atoms in total. The molecule has 0 saturated carbocycles. The second-order valence-electron chi connectivity index (χ2n) is 10.2. The summed E-state index contributed by atoms with van der Waals surface area (Å²) in [7, 11) is -1.72. The predicted octanol–water partition coefficient (Wildman–Crippen LogP) is 13.2. The lowest BCUT2D eigenvalue weighted by atomic mass is 9.80. The van der Waals surface area contributed by atoms with E-state index < -0.39 is 18.8 Å². The van der Waals surface area contributed by atoms with E-state index in [1.54, 1.807) is 36.4 Å². The van der Waals surface area contributed by atoms with Crippen molar-refractivity contribution in [2.75, 3.05) is 0 Å². The zero-order valence-electron chi connectivity index (χ0n) is 25.6. The zero-order chi connectivity index (χ0) is 37.4. The molecule has 0 amide bonds. The van der Waals surface area contributed by atoms with Crippen LogP contribution in [-0.4, -0.2) is 27.4 Å². The second-order valence-corrected chi connectivity index (χ2v) is 14.9. The Hall–Kier alpha value is -2.40. The van der Waals surface area contributed by atoms with Crippen molar-refractivity contribution in [3.05, 3.63) is 153 Å². The van der Waals surface area contributed by atoms with Gasteiger partial charge in [0.25, 0.3) is 0 Å². The summed E-state index contributed by atoms with van der Waals surface area (Å²) in [5.41, 5.74) is 2.18. The number of phenols is 2. The molecule has 0 unspecified atom stereocenters. The summed E-state index contributed by atoms with van der Waals surface area (Å²) in [4.78, 5) is 0. The van der Waals surface area contributed by atoms with Crippen LogP contribution in [0.3, 0.4) is 0 Å². The largest absolute Gasteiger partial charge is 0.507 e. The highest BCUT2D eigenvalue weighted by atomic mass is 127. The average molecular weight is 1070 g/mol. The van der Waals surface area contributed by atoms with Gasteiger partial charge in [-0.2, -0.15) is 0 Å². The molecule has 0 saturated heterocycles. The van der Waals surface area contributed by atoms with Crippen LogP contribution in [0.2, 0.25) is 15.1 Å². The van der Waals surface area contributed by atoms with Crippen molar-refractivity contribution in [2.24, 2.45) is 0 Å². The first-order valence-electron chi connectivity index (χ1n) is 14.3. The van der Waals surface area contributed by atoms with Gasteiger partial charge in [-0.25, -0.2) is 8.78 Å². The van der Waals surface area contributed by atoms with Crippen molar-refractivity contribution in [2.45, 2.75) is 7.43 Å². The van der Waals surface area contributed by atoms with Crippen molar-refractivity contribution in [3.63, 3.8) is 0 Å². The molecule has 0 spiro atoms. The van der Waals surface area contributed by atoms with Crippen molar-refractivity contribution in [3.8, 4) is 22.6 Å². The first-order valence-corrected chi connectivity index (χ1v) is 18.9. The molecule has 15 heteroatoms. The molecule has 6 aromatic carbocycles. The van der Waals surface area contributed by atoms with Crippen molar-refractivity contribution >= 4 is 140 Å². The number of halogens is 9. The Kier molecular flexibility index (Phi) is 17.2. The highest BCUT2D eigenvalue weighted by molar-refractivity contribution is 14.1. The highest BCUT2D eigenvalue weighted by Crippen LogP contribution is 2.41. The molecule has 0 radical (unpaired) electrons. The van der Waals surface area contributed by atoms with Gasteiger partial charge in [-0.3, -0.25) is 0 Å². The van der Waals surface area contributed by atoms with Gasteiger partial charge in [0.05, 0.1) is 18.6 Å². The van der Waals surface area contributed by atoms with Crippen LogP contribution in [0.5, 0.6) is 11.5 Å². The molecule has 7 aromatic rings. The van der Waals surface area contributed by atoms with E-state index in [2.05, 4.69) is 47.8 Å². The van der Waals surface area contributed by atoms with Crippen LogP contribution in [0.15, 0.2) is 127 Å². The summed E-state index contributed by atoms with van der Waals surface area (Å²) in [6.45, 7) is 0. The van der Waals surface area contributed by atoms with E-state index in [1.807, 2.05) is 59.0 Å². The zero-order valence-corrected chi connectivity index (χ0v) is 34.8. The molecule has 0 aliphatic carbocycles. The molecule has 0 aliphatic heterocycles. The van der Waals surface area contributed by atoms with Crippen molar-refractivity contribution in [1.29, 1.82) is 0 Å². The fourth-order valence-electron chi connectivity index (χ4n) is 4.41. The van der Waals surface area contributed by atoms with Crippen LogP contribution in [-0.2, 0) is 0 Å². The molecule has 52 heavy (non-hydrogen) atoms. The summed E-state index contributed by atoms with van der Waals surface area (Å²) in [5.74, 6) is -0.845. The third-order valence-electron chi connectivity index (χ3n) is 6.85. The van der Waals surface area contributed by atoms with Gasteiger partial charge >= 0.3 is 7.12 Å². The minimum Gasteiger partial charge on any atom is -0.507 e. The summed E-state index contributed by atoms with van der Waals surface area (Å²) in [6, 6.07) is 29.8. The van der Waals surface area contributed by atoms with E-state index in [-0.39, 0.29) is 30.0 Å². The van der Waals surface area contributed by atoms with Crippen LogP contribution in [0.1, 0.15) is 7.43 Å². The third kappa shape index (κ3) is 10.9. The fourth-order valence-corrected chi connectivity index (χ4v) is 6.92.